The fourth-order valence-electron chi connectivity index (χ4n) is 2.48. The van der Waals surface area contributed by atoms with Crippen molar-refractivity contribution in [2.75, 3.05) is 19.5 Å². The lowest BCUT2D eigenvalue weighted by Crippen LogP contribution is -2.70. The van der Waals surface area contributed by atoms with E-state index in [0.717, 1.165) is 0 Å². The minimum Gasteiger partial charge on any atom is -0.461 e. The van der Waals surface area contributed by atoms with E-state index in [1.807, 2.05) is 0 Å². The molecular weight excluding hydrogens is 364 g/mol. The Morgan fingerprint density at radius 3 is 2.50 bits per heavy atom. The number of esters is 2. The van der Waals surface area contributed by atoms with Crippen molar-refractivity contribution < 1.29 is 33.4 Å². The van der Waals surface area contributed by atoms with Crippen LogP contribution in [0.15, 0.2) is 11.3 Å². The molecule has 0 spiro atoms. The zero-order chi connectivity index (χ0) is 19.6. The van der Waals surface area contributed by atoms with E-state index in [1.165, 1.54) is 30.7 Å². The third-order valence-corrected chi connectivity index (χ3v) is 4.89. The average Bonchev–Trinajstić information content (AvgIpc) is 2.54. The van der Waals surface area contributed by atoms with E-state index in [2.05, 4.69) is 10.1 Å². The minimum atomic E-state index is -0.792. The van der Waals surface area contributed by atoms with Crippen LogP contribution in [0.5, 0.6) is 0 Å². The molecule has 2 unspecified atom stereocenters. The Morgan fingerprint density at radius 1 is 1.31 bits per heavy atom. The number of alkyl carbamates (subject to hydrolysis) is 1. The van der Waals surface area contributed by atoms with Gasteiger partial charge in [-0.1, -0.05) is 0 Å². The van der Waals surface area contributed by atoms with Crippen LogP contribution in [-0.2, 0) is 28.6 Å². The monoisotopic (exact) mass is 386 g/mol. The van der Waals surface area contributed by atoms with Crippen LogP contribution in [0.3, 0.4) is 0 Å². The Balaban J connectivity index is 2.28. The third-order valence-electron chi connectivity index (χ3n) is 3.55. The van der Waals surface area contributed by atoms with Gasteiger partial charge in [0.05, 0.1) is 7.11 Å². The van der Waals surface area contributed by atoms with Gasteiger partial charge in [0.25, 0.3) is 5.91 Å². The van der Waals surface area contributed by atoms with Gasteiger partial charge in [-0.05, 0) is 20.8 Å². The molecule has 0 aromatic carbocycles. The number of fused-ring (bicyclic) bond motifs is 1. The Hall–Kier alpha value is -2.23. The molecule has 2 atom stereocenters. The molecule has 9 nitrogen and oxygen atoms in total. The van der Waals surface area contributed by atoms with E-state index in [4.69, 9.17) is 9.47 Å². The lowest BCUT2D eigenvalue weighted by molar-refractivity contribution is -0.158. The SMILES string of the molecule is COC(=O)NC1C(=O)N2C(C(=O)OC(C)(C)C)=C(COC(C)=O)CSC12. The summed E-state index contributed by atoms with van der Waals surface area (Å²) in [5.74, 6) is -1.26. The zero-order valence-electron chi connectivity index (χ0n) is 15.3. The van der Waals surface area contributed by atoms with Gasteiger partial charge in [0.15, 0.2) is 0 Å². The normalized spacial score (nSPS) is 22.2. The van der Waals surface area contributed by atoms with Crippen LogP contribution in [0.1, 0.15) is 27.7 Å². The summed E-state index contributed by atoms with van der Waals surface area (Å²) in [5.41, 5.74) is -0.202. The molecule has 0 aromatic rings. The summed E-state index contributed by atoms with van der Waals surface area (Å²) in [6.07, 6.45) is -0.725. The first-order valence-corrected chi connectivity index (χ1v) is 8.98. The second-order valence-electron chi connectivity index (χ2n) is 6.76. The van der Waals surface area contributed by atoms with Gasteiger partial charge in [0.1, 0.15) is 29.3 Å². The fraction of sp³-hybridized carbons (Fsp3) is 0.625. The summed E-state index contributed by atoms with van der Waals surface area (Å²) in [6.45, 7) is 6.30. The molecule has 2 amide bonds. The molecular formula is C16H22N2O7S. The van der Waals surface area contributed by atoms with Crippen LogP contribution in [0, 0.1) is 0 Å². The van der Waals surface area contributed by atoms with E-state index in [1.54, 1.807) is 20.8 Å². The molecule has 2 heterocycles. The first kappa shape index (κ1) is 20.1. The predicted octanol–water partition coefficient (Wildman–Crippen LogP) is 0.785. The predicted molar refractivity (Wildman–Crippen MR) is 91.9 cm³/mol. The van der Waals surface area contributed by atoms with E-state index in [-0.39, 0.29) is 12.3 Å². The van der Waals surface area contributed by atoms with Gasteiger partial charge in [-0.2, -0.15) is 0 Å². The zero-order valence-corrected chi connectivity index (χ0v) is 16.1. The van der Waals surface area contributed by atoms with Crippen molar-refractivity contribution in [2.45, 2.75) is 44.7 Å². The number of nitrogens with one attached hydrogen (secondary N) is 1. The summed E-state index contributed by atoms with van der Waals surface area (Å²) in [4.78, 5) is 49.0. The van der Waals surface area contributed by atoms with Crippen LogP contribution in [0.25, 0.3) is 0 Å². The van der Waals surface area contributed by atoms with Gasteiger partial charge in [0.2, 0.25) is 0 Å². The Morgan fingerprint density at radius 2 is 1.96 bits per heavy atom. The fourth-order valence-corrected chi connectivity index (χ4v) is 3.81. The highest BCUT2D eigenvalue weighted by atomic mass is 32.2. The molecule has 1 N–H and O–H groups in total. The summed E-state index contributed by atoms with van der Waals surface area (Å²) in [7, 11) is 1.20. The van der Waals surface area contributed by atoms with E-state index in [0.29, 0.717) is 11.3 Å². The maximum atomic E-state index is 12.7. The molecule has 0 radical (unpaired) electrons. The van der Waals surface area contributed by atoms with E-state index < -0.39 is 41.0 Å². The smallest absolute Gasteiger partial charge is 0.407 e. The number of rotatable bonds is 4. The summed E-state index contributed by atoms with van der Waals surface area (Å²) < 4.78 is 14.9. The maximum absolute atomic E-state index is 12.7. The lowest BCUT2D eigenvalue weighted by Gasteiger charge is -2.49. The number of methoxy groups -OCH3 is 1. The highest BCUT2D eigenvalue weighted by Gasteiger charge is 2.55. The lowest BCUT2D eigenvalue weighted by atomic mass is 10.0. The molecule has 0 aromatic heterocycles. The largest absolute Gasteiger partial charge is 0.461 e. The molecule has 0 saturated carbocycles. The van der Waals surface area contributed by atoms with E-state index in [9.17, 15) is 19.2 Å². The molecule has 1 fully saturated rings. The van der Waals surface area contributed by atoms with Crippen LogP contribution in [-0.4, -0.2) is 65.3 Å². The third kappa shape index (κ3) is 4.29. The van der Waals surface area contributed by atoms with Crippen molar-refractivity contribution in [3.05, 3.63) is 11.3 Å². The van der Waals surface area contributed by atoms with Crippen molar-refractivity contribution in [3.8, 4) is 0 Å². The van der Waals surface area contributed by atoms with Gasteiger partial charge in [-0.25, -0.2) is 9.59 Å². The van der Waals surface area contributed by atoms with Crippen LogP contribution in [0.2, 0.25) is 0 Å². The quantitative estimate of drug-likeness (QED) is 0.429. The van der Waals surface area contributed by atoms with Gasteiger partial charge >= 0.3 is 18.0 Å². The standard InChI is InChI=1S/C16H22N2O7S/c1-8(19)24-6-9-7-26-13-10(17-15(22)23-5)12(20)18(13)11(9)14(21)25-16(2,3)4/h10,13H,6-7H2,1-5H3,(H,17,22). The Labute approximate surface area is 155 Å². The number of thioether (sulfide) groups is 1. The molecule has 2 aliphatic heterocycles. The molecule has 2 aliphatic rings. The first-order valence-electron chi connectivity index (χ1n) is 7.93. The van der Waals surface area contributed by atoms with Crippen LogP contribution < -0.4 is 5.32 Å². The molecule has 1 saturated heterocycles. The number of amides is 2. The minimum absolute atomic E-state index is 0.0674. The van der Waals surface area contributed by atoms with Crippen molar-refractivity contribution in [1.82, 2.24) is 10.2 Å². The molecule has 26 heavy (non-hydrogen) atoms. The second-order valence-corrected chi connectivity index (χ2v) is 7.86. The average molecular weight is 386 g/mol. The number of hydrogen-bond acceptors (Lipinski definition) is 8. The number of nitrogens with zero attached hydrogens (tertiary/aromatic N) is 1. The molecule has 2 rings (SSSR count). The van der Waals surface area contributed by atoms with Crippen LogP contribution >= 0.6 is 11.8 Å². The van der Waals surface area contributed by atoms with Gasteiger partial charge in [-0.3, -0.25) is 14.5 Å². The van der Waals surface area contributed by atoms with Crippen molar-refractivity contribution in [2.24, 2.45) is 0 Å². The topological polar surface area (TPSA) is 111 Å². The molecule has 0 bridgehead atoms. The Kier molecular flexibility index (Phi) is 5.84. The molecule has 0 aliphatic carbocycles. The van der Waals surface area contributed by atoms with Gasteiger partial charge < -0.3 is 19.5 Å². The number of ether oxygens (including phenoxy) is 3. The number of β-lactam (4-membered cyclic amide) rings is 1. The number of carbonyl (C=O) groups is 4. The number of carbonyl (C=O) groups excluding carboxylic acids is 4. The highest BCUT2D eigenvalue weighted by molar-refractivity contribution is 8.00. The van der Waals surface area contributed by atoms with Gasteiger partial charge in [-0.15, -0.1) is 11.8 Å². The molecule has 144 valence electrons. The summed E-state index contributed by atoms with van der Waals surface area (Å²) >= 11 is 1.35. The number of hydrogen-bond donors (Lipinski definition) is 1. The molecule has 10 heteroatoms. The van der Waals surface area contributed by atoms with Gasteiger partial charge in [0, 0.05) is 18.2 Å². The maximum Gasteiger partial charge on any atom is 0.407 e. The highest BCUT2D eigenvalue weighted by Crippen LogP contribution is 2.41. The second kappa shape index (κ2) is 7.56. The summed E-state index contributed by atoms with van der Waals surface area (Å²) in [6, 6.07) is -0.792. The van der Waals surface area contributed by atoms with Crippen LogP contribution in [0.4, 0.5) is 4.79 Å². The van der Waals surface area contributed by atoms with Crippen molar-refractivity contribution >= 4 is 35.7 Å². The Bertz CT molecular complexity index is 668. The van der Waals surface area contributed by atoms with E-state index >= 15 is 0 Å². The first-order chi connectivity index (χ1) is 12.0. The summed E-state index contributed by atoms with van der Waals surface area (Å²) in [5, 5.41) is 2.00. The van der Waals surface area contributed by atoms with Crippen molar-refractivity contribution in [1.29, 1.82) is 0 Å². The van der Waals surface area contributed by atoms with Crippen molar-refractivity contribution in [3.63, 3.8) is 0 Å².